The Morgan fingerprint density at radius 3 is 2.93 bits per heavy atom. The van der Waals surface area contributed by atoms with Crippen LogP contribution in [0.3, 0.4) is 0 Å². The van der Waals surface area contributed by atoms with E-state index in [4.69, 9.17) is 5.73 Å². The van der Waals surface area contributed by atoms with Gasteiger partial charge >= 0.3 is 0 Å². The second kappa shape index (κ2) is 8.32. The smallest absolute Gasteiger partial charge is 0.274 e. The summed E-state index contributed by atoms with van der Waals surface area (Å²) in [7, 11) is 1.86. The zero-order valence-electron chi connectivity index (χ0n) is 16.7. The van der Waals surface area contributed by atoms with Crippen LogP contribution >= 0.6 is 0 Å². The first-order chi connectivity index (χ1) is 14.0. The van der Waals surface area contributed by atoms with Gasteiger partial charge in [-0.3, -0.25) is 9.48 Å². The molecule has 2 aromatic heterocycles. The van der Waals surface area contributed by atoms with Crippen molar-refractivity contribution in [2.75, 3.05) is 23.3 Å². The number of aromatic nitrogens is 3. The molecule has 0 saturated carbocycles. The number of carbonyl (C=O) groups excluding carboxylic acids is 1. The highest BCUT2D eigenvalue weighted by atomic mass is 19.1. The van der Waals surface area contributed by atoms with Crippen LogP contribution in [0.25, 0.3) is 5.57 Å². The maximum atomic E-state index is 14.2. The van der Waals surface area contributed by atoms with Crippen LogP contribution < -0.4 is 16.0 Å². The number of carbonyl (C=O) groups is 1. The molecule has 0 spiro atoms. The van der Waals surface area contributed by atoms with Crippen LogP contribution in [0, 0.1) is 5.82 Å². The molecule has 0 unspecified atom stereocenters. The van der Waals surface area contributed by atoms with Crippen molar-refractivity contribution in [1.82, 2.24) is 14.8 Å². The SMILES string of the molecule is Cn1ncc(NC(=O)c2ccc(F)c(C3=CCCC3)n2)c1N1CCC[C@@H](N)CC1. The maximum Gasteiger partial charge on any atom is 0.274 e. The summed E-state index contributed by atoms with van der Waals surface area (Å²) in [6.45, 7) is 1.68. The fraction of sp³-hybridized carbons (Fsp3) is 0.476. The molecule has 7 nitrogen and oxygen atoms in total. The molecular weight excluding hydrogens is 371 g/mol. The monoisotopic (exact) mass is 398 g/mol. The van der Waals surface area contributed by atoms with Crippen LogP contribution in [0.5, 0.6) is 0 Å². The van der Waals surface area contributed by atoms with Gasteiger partial charge in [-0.2, -0.15) is 5.10 Å². The van der Waals surface area contributed by atoms with E-state index in [1.54, 1.807) is 10.9 Å². The number of nitrogens with one attached hydrogen (secondary N) is 1. The van der Waals surface area contributed by atoms with E-state index in [0.29, 0.717) is 5.69 Å². The van der Waals surface area contributed by atoms with Gasteiger partial charge in [-0.05, 0) is 56.2 Å². The quantitative estimate of drug-likeness (QED) is 0.826. The number of halogens is 1. The number of allylic oxidation sites excluding steroid dienone is 2. The Morgan fingerprint density at radius 1 is 1.28 bits per heavy atom. The molecule has 3 N–H and O–H groups in total. The zero-order chi connectivity index (χ0) is 20.4. The number of nitrogens with zero attached hydrogens (tertiary/aromatic N) is 4. The number of nitrogens with two attached hydrogens (primary N) is 1. The standard InChI is InChI=1S/C21H27FN6O/c1-27-21(28-11-4-7-15(23)10-12-28)18(13-24-27)26-20(29)17-9-8-16(22)19(25-17)14-5-2-3-6-14/h5,8-9,13,15H,2-4,6-7,10-12,23H2,1H3,(H,26,29)/t15-/m1/s1. The predicted molar refractivity (Wildman–Crippen MR) is 111 cm³/mol. The Morgan fingerprint density at radius 2 is 2.14 bits per heavy atom. The fourth-order valence-corrected chi connectivity index (χ4v) is 4.09. The van der Waals surface area contributed by atoms with Gasteiger partial charge in [0.1, 0.15) is 22.9 Å². The molecule has 3 heterocycles. The number of amides is 1. The van der Waals surface area contributed by atoms with Crippen LogP contribution in [-0.4, -0.2) is 39.8 Å². The summed E-state index contributed by atoms with van der Waals surface area (Å²) in [4.78, 5) is 19.4. The maximum absolute atomic E-state index is 14.2. The third kappa shape index (κ3) is 4.17. The molecule has 1 saturated heterocycles. The van der Waals surface area contributed by atoms with Crippen molar-refractivity contribution in [1.29, 1.82) is 0 Å². The number of aryl methyl sites for hydroxylation is 1. The van der Waals surface area contributed by atoms with Crippen LogP contribution in [0.2, 0.25) is 0 Å². The summed E-state index contributed by atoms with van der Waals surface area (Å²) >= 11 is 0. The van der Waals surface area contributed by atoms with Crippen molar-refractivity contribution in [3.63, 3.8) is 0 Å². The normalized spacial score (nSPS) is 19.8. The van der Waals surface area contributed by atoms with Gasteiger partial charge in [0, 0.05) is 26.2 Å². The van der Waals surface area contributed by atoms with Gasteiger partial charge in [0.05, 0.1) is 6.20 Å². The molecule has 1 amide bonds. The van der Waals surface area contributed by atoms with Crippen molar-refractivity contribution >= 4 is 23.0 Å². The molecule has 0 aromatic carbocycles. The van der Waals surface area contributed by atoms with E-state index in [0.717, 1.165) is 63.0 Å². The summed E-state index contributed by atoms with van der Waals surface area (Å²) < 4.78 is 16.0. The molecule has 1 aliphatic carbocycles. The molecule has 0 bridgehead atoms. The van der Waals surface area contributed by atoms with Crippen molar-refractivity contribution < 1.29 is 9.18 Å². The topological polar surface area (TPSA) is 89.1 Å². The molecule has 154 valence electrons. The number of hydrogen-bond acceptors (Lipinski definition) is 5. The van der Waals surface area contributed by atoms with Crippen LogP contribution in [0.15, 0.2) is 24.4 Å². The Balaban J connectivity index is 1.56. The summed E-state index contributed by atoms with van der Waals surface area (Å²) in [5.41, 5.74) is 8.08. The molecule has 0 radical (unpaired) electrons. The number of pyridine rings is 1. The Bertz CT molecular complexity index is 937. The zero-order valence-corrected chi connectivity index (χ0v) is 16.7. The molecule has 4 rings (SSSR count). The molecule has 2 aromatic rings. The summed E-state index contributed by atoms with van der Waals surface area (Å²) in [6, 6.07) is 2.94. The lowest BCUT2D eigenvalue weighted by atomic mass is 10.1. The fourth-order valence-electron chi connectivity index (χ4n) is 4.09. The largest absolute Gasteiger partial charge is 0.355 e. The van der Waals surface area contributed by atoms with Gasteiger partial charge in [0.25, 0.3) is 5.91 Å². The van der Waals surface area contributed by atoms with Gasteiger partial charge in [-0.25, -0.2) is 9.37 Å². The highest BCUT2D eigenvalue weighted by molar-refractivity contribution is 6.04. The lowest BCUT2D eigenvalue weighted by molar-refractivity contribution is 0.102. The van der Waals surface area contributed by atoms with E-state index >= 15 is 0 Å². The number of hydrogen-bond donors (Lipinski definition) is 2. The molecule has 29 heavy (non-hydrogen) atoms. The molecular formula is C21H27FN6O. The third-order valence-electron chi connectivity index (χ3n) is 5.65. The van der Waals surface area contributed by atoms with Crippen LogP contribution in [-0.2, 0) is 7.05 Å². The van der Waals surface area contributed by atoms with Gasteiger partial charge in [0.15, 0.2) is 5.82 Å². The third-order valence-corrected chi connectivity index (χ3v) is 5.65. The van der Waals surface area contributed by atoms with E-state index in [9.17, 15) is 9.18 Å². The lowest BCUT2D eigenvalue weighted by Gasteiger charge is -2.24. The number of anilines is 2. The summed E-state index contributed by atoms with van der Waals surface area (Å²) in [5.74, 6) is 0.0941. The Kier molecular flexibility index (Phi) is 5.62. The Labute approximate surface area is 169 Å². The Hall–Kier alpha value is -2.74. The average molecular weight is 398 g/mol. The van der Waals surface area contributed by atoms with E-state index in [1.807, 2.05) is 13.1 Å². The minimum absolute atomic E-state index is 0.196. The van der Waals surface area contributed by atoms with Gasteiger partial charge in [0.2, 0.25) is 0 Å². The minimum Gasteiger partial charge on any atom is -0.355 e. The van der Waals surface area contributed by atoms with E-state index in [-0.39, 0.29) is 23.3 Å². The first kappa shape index (κ1) is 19.6. The summed E-state index contributed by atoms with van der Waals surface area (Å²) in [6.07, 6.45) is 9.23. The lowest BCUT2D eigenvalue weighted by Crippen LogP contribution is -2.29. The van der Waals surface area contributed by atoms with Crippen LogP contribution in [0.1, 0.15) is 54.7 Å². The van der Waals surface area contributed by atoms with Crippen molar-refractivity contribution in [2.45, 2.75) is 44.6 Å². The molecule has 1 aliphatic heterocycles. The van der Waals surface area contributed by atoms with Crippen molar-refractivity contribution in [3.8, 4) is 0 Å². The van der Waals surface area contributed by atoms with Gasteiger partial charge < -0.3 is 16.0 Å². The van der Waals surface area contributed by atoms with Crippen LogP contribution in [0.4, 0.5) is 15.9 Å². The van der Waals surface area contributed by atoms with E-state index in [1.165, 1.54) is 12.1 Å². The van der Waals surface area contributed by atoms with E-state index in [2.05, 4.69) is 20.3 Å². The highest BCUT2D eigenvalue weighted by Gasteiger charge is 2.23. The van der Waals surface area contributed by atoms with Gasteiger partial charge in [-0.15, -0.1) is 0 Å². The van der Waals surface area contributed by atoms with E-state index < -0.39 is 5.82 Å². The second-order valence-electron chi connectivity index (χ2n) is 7.79. The molecule has 1 atom stereocenters. The van der Waals surface area contributed by atoms with Crippen molar-refractivity contribution in [2.24, 2.45) is 12.8 Å². The minimum atomic E-state index is -0.391. The first-order valence-electron chi connectivity index (χ1n) is 10.2. The number of rotatable bonds is 4. The predicted octanol–water partition coefficient (Wildman–Crippen LogP) is 3.09. The first-order valence-corrected chi connectivity index (χ1v) is 10.2. The molecule has 2 aliphatic rings. The van der Waals surface area contributed by atoms with Crippen molar-refractivity contribution in [3.05, 3.63) is 41.6 Å². The van der Waals surface area contributed by atoms with Gasteiger partial charge in [-0.1, -0.05) is 6.08 Å². The average Bonchev–Trinajstić information content (AvgIpc) is 3.30. The molecule has 8 heteroatoms. The highest BCUT2D eigenvalue weighted by Crippen LogP contribution is 2.30. The molecule has 1 fully saturated rings. The summed E-state index contributed by atoms with van der Waals surface area (Å²) in [5, 5.41) is 7.24. The second-order valence-corrected chi connectivity index (χ2v) is 7.79.